The van der Waals surface area contributed by atoms with E-state index >= 15 is 0 Å². The summed E-state index contributed by atoms with van der Waals surface area (Å²) in [4.78, 5) is 36.7. The van der Waals surface area contributed by atoms with Crippen molar-refractivity contribution in [2.75, 3.05) is 13.2 Å². The van der Waals surface area contributed by atoms with Crippen LogP contribution in [0.2, 0.25) is 0 Å². The van der Waals surface area contributed by atoms with Crippen molar-refractivity contribution in [1.29, 1.82) is 0 Å². The first kappa shape index (κ1) is 15.7. The Kier molecular flexibility index (Phi) is 4.71. The van der Waals surface area contributed by atoms with Crippen molar-refractivity contribution in [3.05, 3.63) is 0 Å². The number of nitrogens with zero attached hydrogens (tertiary/aromatic N) is 1. The van der Waals surface area contributed by atoms with Crippen LogP contribution in [0, 0.1) is 11.3 Å². The molecule has 1 fully saturated rings. The number of hydrogen-bond donors (Lipinski definition) is 0. The number of hydrogen-bond acceptors (Lipinski definition) is 4. The van der Waals surface area contributed by atoms with Crippen molar-refractivity contribution in [1.82, 2.24) is 4.90 Å². The van der Waals surface area contributed by atoms with Crippen LogP contribution in [0.15, 0.2) is 0 Å². The molecule has 1 aliphatic rings. The summed E-state index contributed by atoms with van der Waals surface area (Å²) in [5.74, 6) is -1.38. The molecule has 1 rings (SSSR count). The fraction of sp³-hybridized carbons (Fsp3) is 0.786. The van der Waals surface area contributed by atoms with Crippen molar-refractivity contribution in [2.24, 2.45) is 11.3 Å². The van der Waals surface area contributed by atoms with Crippen LogP contribution in [0.5, 0.6) is 0 Å². The van der Waals surface area contributed by atoms with Crippen molar-refractivity contribution in [3.8, 4) is 0 Å². The first-order chi connectivity index (χ1) is 8.67. The quantitative estimate of drug-likeness (QED) is 0.430. The molecule has 0 radical (unpaired) electrons. The minimum absolute atomic E-state index is 0.0651. The lowest BCUT2D eigenvalue weighted by Gasteiger charge is -2.48. The Balaban J connectivity index is 2.77. The van der Waals surface area contributed by atoms with Crippen molar-refractivity contribution >= 4 is 17.7 Å². The van der Waals surface area contributed by atoms with Crippen molar-refractivity contribution in [2.45, 2.75) is 47.1 Å². The number of carbonyl (C=O) groups excluding carboxylic acids is 3. The van der Waals surface area contributed by atoms with Gasteiger partial charge in [-0.3, -0.25) is 14.4 Å². The summed E-state index contributed by atoms with van der Waals surface area (Å²) in [6, 6.07) is -0.344. The van der Waals surface area contributed by atoms with Crippen LogP contribution in [0.4, 0.5) is 0 Å². The minimum atomic E-state index is -0.674. The number of carbonyl (C=O) groups is 3. The van der Waals surface area contributed by atoms with E-state index in [1.807, 2.05) is 20.8 Å². The van der Waals surface area contributed by atoms with Gasteiger partial charge < -0.3 is 9.64 Å². The predicted octanol–water partition coefficient (Wildman–Crippen LogP) is 1.40. The van der Waals surface area contributed by atoms with Crippen LogP contribution in [0.25, 0.3) is 0 Å². The van der Waals surface area contributed by atoms with Gasteiger partial charge in [0, 0.05) is 6.54 Å². The molecule has 5 heteroatoms. The second kappa shape index (κ2) is 5.72. The number of ketones is 1. The van der Waals surface area contributed by atoms with Crippen LogP contribution in [0.1, 0.15) is 41.0 Å². The highest BCUT2D eigenvalue weighted by Gasteiger charge is 2.51. The van der Waals surface area contributed by atoms with Gasteiger partial charge in [-0.2, -0.15) is 0 Å². The Morgan fingerprint density at radius 3 is 2.32 bits per heavy atom. The van der Waals surface area contributed by atoms with E-state index in [4.69, 9.17) is 4.74 Å². The Hall–Kier alpha value is -1.39. The third-order valence-corrected chi connectivity index (χ3v) is 3.10. The van der Waals surface area contributed by atoms with Gasteiger partial charge in [0.2, 0.25) is 5.91 Å². The summed E-state index contributed by atoms with van der Waals surface area (Å²) in [6.45, 7) is 10.0. The molecule has 1 saturated heterocycles. The molecule has 0 aliphatic carbocycles. The lowest BCUT2D eigenvalue weighted by molar-refractivity contribution is -0.166. The van der Waals surface area contributed by atoms with Gasteiger partial charge in [0.25, 0.3) is 0 Å². The smallest absolute Gasteiger partial charge is 0.307 e. The zero-order valence-electron chi connectivity index (χ0n) is 12.4. The van der Waals surface area contributed by atoms with Crippen LogP contribution in [-0.4, -0.2) is 41.8 Å². The normalized spacial score (nSPS) is 23.0. The molecular formula is C14H23NO4. The van der Waals surface area contributed by atoms with Crippen LogP contribution in [-0.2, 0) is 19.1 Å². The van der Waals surface area contributed by atoms with E-state index < -0.39 is 5.92 Å². The molecule has 2 atom stereocenters. The average Bonchev–Trinajstić information content (AvgIpc) is 2.24. The SMILES string of the molecule is CCOC(=O)C[C@H]1[C@H](C(C)=O)C(=O)N1CC(C)(C)C. The number of β-lactam (4-membered cyclic amide) rings is 1. The Morgan fingerprint density at radius 2 is 1.89 bits per heavy atom. The summed E-state index contributed by atoms with van der Waals surface area (Å²) < 4.78 is 4.90. The summed E-state index contributed by atoms with van der Waals surface area (Å²) in [5, 5.41) is 0. The van der Waals surface area contributed by atoms with Crippen LogP contribution in [0.3, 0.4) is 0 Å². The molecule has 0 aromatic carbocycles. The zero-order chi connectivity index (χ0) is 14.8. The fourth-order valence-electron chi connectivity index (χ4n) is 2.37. The van der Waals surface area contributed by atoms with Gasteiger partial charge >= 0.3 is 5.97 Å². The molecular weight excluding hydrogens is 246 g/mol. The molecule has 0 unspecified atom stereocenters. The van der Waals surface area contributed by atoms with E-state index in [1.54, 1.807) is 11.8 Å². The third-order valence-electron chi connectivity index (χ3n) is 3.10. The topological polar surface area (TPSA) is 63.7 Å². The molecule has 5 nitrogen and oxygen atoms in total. The number of esters is 1. The van der Waals surface area contributed by atoms with Gasteiger partial charge in [-0.15, -0.1) is 0 Å². The largest absolute Gasteiger partial charge is 0.466 e. The summed E-state index contributed by atoms with van der Waals surface area (Å²) in [7, 11) is 0. The molecule has 0 bridgehead atoms. The van der Waals surface area contributed by atoms with Gasteiger partial charge in [0.05, 0.1) is 19.1 Å². The van der Waals surface area contributed by atoms with Crippen LogP contribution < -0.4 is 0 Å². The van der Waals surface area contributed by atoms with Crippen molar-refractivity contribution in [3.63, 3.8) is 0 Å². The predicted molar refractivity (Wildman–Crippen MR) is 70.4 cm³/mol. The highest BCUT2D eigenvalue weighted by Crippen LogP contribution is 2.33. The fourth-order valence-corrected chi connectivity index (χ4v) is 2.37. The summed E-state index contributed by atoms with van der Waals surface area (Å²) in [5.41, 5.74) is -0.0651. The van der Waals surface area contributed by atoms with Gasteiger partial charge in [-0.1, -0.05) is 20.8 Å². The molecule has 19 heavy (non-hydrogen) atoms. The van der Waals surface area contributed by atoms with E-state index in [0.29, 0.717) is 13.2 Å². The highest BCUT2D eigenvalue weighted by atomic mass is 16.5. The Labute approximate surface area is 114 Å². The summed E-state index contributed by atoms with van der Waals surface area (Å²) >= 11 is 0. The van der Waals surface area contributed by atoms with E-state index in [0.717, 1.165) is 0 Å². The van der Waals surface area contributed by atoms with E-state index in [1.165, 1.54) is 6.92 Å². The Morgan fingerprint density at radius 1 is 1.32 bits per heavy atom. The van der Waals surface area contributed by atoms with Crippen LogP contribution >= 0.6 is 0 Å². The number of rotatable bonds is 5. The Bertz CT molecular complexity index is 383. The first-order valence-electron chi connectivity index (χ1n) is 6.64. The third kappa shape index (κ3) is 3.78. The number of Topliss-reactive ketones (excluding diaryl/α,β-unsaturated/α-hetero) is 1. The maximum atomic E-state index is 12.0. The maximum Gasteiger partial charge on any atom is 0.307 e. The van der Waals surface area contributed by atoms with E-state index in [2.05, 4.69) is 0 Å². The molecule has 0 spiro atoms. The number of likely N-dealkylation sites (tertiary alicyclic amines) is 1. The first-order valence-corrected chi connectivity index (χ1v) is 6.64. The van der Waals surface area contributed by atoms with Gasteiger partial charge in [0.1, 0.15) is 11.7 Å². The molecule has 1 heterocycles. The zero-order valence-corrected chi connectivity index (χ0v) is 12.4. The standard InChI is InChI=1S/C14H23NO4/c1-6-19-11(17)7-10-12(9(2)16)13(18)15(10)8-14(3,4)5/h10,12H,6-8H2,1-5H3/t10-,12-/m0/s1. The van der Waals surface area contributed by atoms with Gasteiger partial charge in [-0.25, -0.2) is 0 Å². The molecule has 1 aliphatic heterocycles. The number of amides is 1. The molecule has 0 aromatic heterocycles. The molecule has 0 aromatic rings. The summed E-state index contributed by atoms with van der Waals surface area (Å²) in [6.07, 6.45) is 0.0971. The lowest BCUT2D eigenvalue weighted by atomic mass is 9.80. The monoisotopic (exact) mass is 269 g/mol. The molecule has 0 N–H and O–H groups in total. The minimum Gasteiger partial charge on any atom is -0.466 e. The maximum absolute atomic E-state index is 12.0. The van der Waals surface area contributed by atoms with Crippen molar-refractivity contribution < 1.29 is 19.1 Å². The number of ether oxygens (including phenoxy) is 1. The van der Waals surface area contributed by atoms with Gasteiger partial charge in [-0.05, 0) is 19.3 Å². The van der Waals surface area contributed by atoms with E-state index in [-0.39, 0.29) is 35.5 Å². The average molecular weight is 269 g/mol. The second-order valence-electron chi connectivity index (χ2n) is 6.19. The molecule has 108 valence electrons. The molecule has 0 saturated carbocycles. The lowest BCUT2D eigenvalue weighted by Crippen LogP contribution is -2.65. The highest BCUT2D eigenvalue weighted by molar-refractivity contribution is 6.06. The van der Waals surface area contributed by atoms with E-state index in [9.17, 15) is 14.4 Å². The second-order valence-corrected chi connectivity index (χ2v) is 6.19. The van der Waals surface area contributed by atoms with Gasteiger partial charge in [0.15, 0.2) is 0 Å². The molecule has 1 amide bonds.